The molecule has 0 fully saturated rings. The van der Waals surface area contributed by atoms with Crippen LogP contribution in [0.5, 0.6) is 5.75 Å². The third-order valence-electron chi connectivity index (χ3n) is 5.20. The number of anilines is 1. The molecule has 0 bridgehead atoms. The Hall–Kier alpha value is -3.52. The lowest BCUT2D eigenvalue weighted by molar-refractivity contribution is -0.115. The summed E-state index contributed by atoms with van der Waals surface area (Å²) >= 11 is 0. The Kier molecular flexibility index (Phi) is 6.61. The molecular formula is C24H26FN5O2. The van der Waals surface area contributed by atoms with Gasteiger partial charge in [-0.15, -0.1) is 0 Å². The highest BCUT2D eigenvalue weighted by Crippen LogP contribution is 2.32. The molecule has 1 unspecified atom stereocenters. The Morgan fingerprint density at radius 3 is 2.78 bits per heavy atom. The van der Waals surface area contributed by atoms with Gasteiger partial charge in [0.25, 0.3) is 0 Å². The van der Waals surface area contributed by atoms with E-state index in [1.165, 1.54) is 12.1 Å². The first-order valence-electron chi connectivity index (χ1n) is 10.5. The van der Waals surface area contributed by atoms with Crippen molar-refractivity contribution in [1.82, 2.24) is 15.1 Å². The lowest BCUT2D eigenvalue weighted by atomic mass is 10.0. The van der Waals surface area contributed by atoms with Crippen molar-refractivity contribution in [3.8, 4) is 5.75 Å². The zero-order valence-electron chi connectivity index (χ0n) is 18.1. The number of H-pyrrole nitrogens is 1. The van der Waals surface area contributed by atoms with Gasteiger partial charge in [0, 0.05) is 36.6 Å². The molecular weight excluding hydrogens is 409 g/mol. The molecule has 8 heteroatoms. The van der Waals surface area contributed by atoms with Crippen LogP contribution >= 0.6 is 0 Å². The quantitative estimate of drug-likeness (QED) is 0.394. The maximum Gasteiger partial charge on any atom is 0.237 e. The summed E-state index contributed by atoms with van der Waals surface area (Å²) in [5, 5.41) is 9.87. The molecule has 0 saturated heterocycles. The summed E-state index contributed by atoms with van der Waals surface area (Å²) in [5.41, 5.74) is 3.23. The Morgan fingerprint density at radius 2 is 2.00 bits per heavy atom. The number of nitrogens with zero attached hydrogens (tertiary/aromatic N) is 3. The fourth-order valence-electron chi connectivity index (χ4n) is 3.56. The number of rotatable bonds is 9. The van der Waals surface area contributed by atoms with Crippen LogP contribution in [0.1, 0.15) is 29.2 Å². The van der Waals surface area contributed by atoms with Crippen molar-refractivity contribution < 1.29 is 13.9 Å². The van der Waals surface area contributed by atoms with E-state index in [-0.39, 0.29) is 11.7 Å². The molecule has 1 atom stereocenters. The summed E-state index contributed by atoms with van der Waals surface area (Å²) < 4.78 is 19.1. The van der Waals surface area contributed by atoms with Crippen LogP contribution in [0.3, 0.4) is 0 Å². The zero-order valence-corrected chi connectivity index (χ0v) is 18.1. The molecule has 166 valence electrons. The molecule has 4 rings (SSSR count). The van der Waals surface area contributed by atoms with Crippen LogP contribution in [0.2, 0.25) is 0 Å². The largest absolute Gasteiger partial charge is 0.494 e. The van der Waals surface area contributed by atoms with Gasteiger partial charge >= 0.3 is 0 Å². The zero-order chi connectivity index (χ0) is 22.5. The first-order chi connectivity index (χ1) is 15.5. The second-order valence-electron chi connectivity index (χ2n) is 8.05. The second kappa shape index (κ2) is 9.74. The molecule has 0 saturated carbocycles. The number of carbonyl (C=O) groups excluding carboxylic acids is 1. The van der Waals surface area contributed by atoms with Gasteiger partial charge < -0.3 is 15.0 Å². The summed E-state index contributed by atoms with van der Waals surface area (Å²) in [4.78, 5) is 18.7. The van der Waals surface area contributed by atoms with E-state index in [2.05, 4.69) is 25.4 Å². The van der Waals surface area contributed by atoms with Crippen molar-refractivity contribution in [3.05, 3.63) is 71.2 Å². The fraction of sp³-hybridized carbons (Fsp3) is 0.292. The van der Waals surface area contributed by atoms with Crippen molar-refractivity contribution in [2.75, 3.05) is 32.6 Å². The van der Waals surface area contributed by atoms with Crippen molar-refractivity contribution in [2.45, 2.75) is 18.8 Å². The average molecular weight is 436 g/mol. The van der Waals surface area contributed by atoms with E-state index >= 15 is 0 Å². The van der Waals surface area contributed by atoms with E-state index in [0.29, 0.717) is 30.1 Å². The molecule has 2 aromatic carbocycles. The lowest BCUT2D eigenvalue weighted by Gasteiger charge is -2.10. The summed E-state index contributed by atoms with van der Waals surface area (Å²) in [6.07, 6.45) is 3.20. The predicted molar refractivity (Wildman–Crippen MR) is 122 cm³/mol. The van der Waals surface area contributed by atoms with Crippen LogP contribution in [0.4, 0.5) is 15.9 Å². The Morgan fingerprint density at radius 1 is 1.19 bits per heavy atom. The van der Waals surface area contributed by atoms with Gasteiger partial charge in [-0.05, 0) is 55.9 Å². The first-order valence-corrected chi connectivity index (χ1v) is 10.5. The molecule has 2 heterocycles. The second-order valence-corrected chi connectivity index (χ2v) is 8.05. The minimum Gasteiger partial charge on any atom is -0.494 e. The third-order valence-corrected chi connectivity index (χ3v) is 5.20. The first kappa shape index (κ1) is 21.7. The number of aromatic nitrogens is 2. The van der Waals surface area contributed by atoms with E-state index < -0.39 is 5.92 Å². The van der Waals surface area contributed by atoms with Gasteiger partial charge in [-0.1, -0.05) is 18.2 Å². The number of halogens is 1. The number of hydrogen-bond acceptors (Lipinski definition) is 5. The van der Waals surface area contributed by atoms with E-state index in [0.717, 1.165) is 30.0 Å². The molecule has 1 aromatic heterocycles. The van der Waals surface area contributed by atoms with Gasteiger partial charge in [-0.2, -0.15) is 5.10 Å². The molecule has 3 aromatic rings. The number of amides is 1. The van der Waals surface area contributed by atoms with Crippen LogP contribution in [0, 0.1) is 5.82 Å². The van der Waals surface area contributed by atoms with Crippen molar-refractivity contribution in [3.63, 3.8) is 0 Å². The number of benzene rings is 2. The van der Waals surface area contributed by atoms with Crippen LogP contribution in [-0.4, -0.2) is 54.5 Å². The smallest absolute Gasteiger partial charge is 0.237 e. The van der Waals surface area contributed by atoms with Crippen LogP contribution in [0.25, 0.3) is 0 Å². The molecule has 1 amide bonds. The number of fused-ring (bicyclic) bond motifs is 1. The standard InChI is InChI=1S/C24H26FN5O2/c1-30(2)10-3-11-32-19-7-4-16(5-8-19)12-18-14-23(29-28-18)26-15-21-20-9-6-17(25)13-22(20)27-24(21)31/h4-9,13-15,21H,3,10-12H2,1-2H3,(H,27,31)(H,28,29). The fourth-order valence-corrected chi connectivity index (χ4v) is 3.56. The highest BCUT2D eigenvalue weighted by molar-refractivity contribution is 6.12. The van der Waals surface area contributed by atoms with Crippen LogP contribution in [0.15, 0.2) is 53.5 Å². The van der Waals surface area contributed by atoms with E-state index in [9.17, 15) is 9.18 Å². The number of hydrogen-bond donors (Lipinski definition) is 2. The minimum atomic E-state index is -0.559. The van der Waals surface area contributed by atoms with Crippen molar-refractivity contribution >= 4 is 23.6 Å². The summed E-state index contributed by atoms with van der Waals surface area (Å²) in [6.45, 7) is 1.69. The molecule has 7 nitrogen and oxygen atoms in total. The minimum absolute atomic E-state index is 0.228. The van der Waals surface area contributed by atoms with E-state index in [1.54, 1.807) is 12.3 Å². The van der Waals surface area contributed by atoms with Gasteiger partial charge in [0.2, 0.25) is 5.91 Å². The monoisotopic (exact) mass is 435 g/mol. The maximum absolute atomic E-state index is 13.4. The molecule has 2 N–H and O–H groups in total. The summed E-state index contributed by atoms with van der Waals surface area (Å²) in [6, 6.07) is 14.1. The molecule has 1 aliphatic rings. The molecule has 0 aliphatic carbocycles. The van der Waals surface area contributed by atoms with Gasteiger partial charge in [0.15, 0.2) is 5.82 Å². The summed E-state index contributed by atoms with van der Waals surface area (Å²) in [7, 11) is 4.10. The van der Waals surface area contributed by atoms with Crippen molar-refractivity contribution in [1.29, 1.82) is 0 Å². The Labute approximate surface area is 186 Å². The predicted octanol–water partition coefficient (Wildman–Crippen LogP) is 3.91. The van der Waals surface area contributed by atoms with Crippen LogP contribution in [-0.2, 0) is 11.2 Å². The average Bonchev–Trinajstić information content (AvgIpc) is 3.33. The van der Waals surface area contributed by atoms with Gasteiger partial charge in [0.1, 0.15) is 17.5 Å². The Bertz CT molecular complexity index is 1110. The van der Waals surface area contributed by atoms with E-state index in [4.69, 9.17) is 4.74 Å². The molecule has 0 radical (unpaired) electrons. The number of aliphatic imine (C=N–C) groups is 1. The maximum atomic E-state index is 13.4. The topological polar surface area (TPSA) is 82.6 Å². The highest BCUT2D eigenvalue weighted by atomic mass is 19.1. The third kappa shape index (κ3) is 5.39. The Balaban J connectivity index is 1.33. The number of ether oxygens (including phenoxy) is 1. The molecule has 1 aliphatic heterocycles. The lowest BCUT2D eigenvalue weighted by Crippen LogP contribution is -2.15. The highest BCUT2D eigenvalue weighted by Gasteiger charge is 2.29. The molecule has 0 spiro atoms. The number of carbonyl (C=O) groups is 1. The van der Waals surface area contributed by atoms with Gasteiger partial charge in [-0.25, -0.2) is 9.38 Å². The van der Waals surface area contributed by atoms with E-state index in [1.807, 2.05) is 44.4 Å². The van der Waals surface area contributed by atoms with Crippen LogP contribution < -0.4 is 10.1 Å². The normalized spacial score (nSPS) is 15.4. The molecule has 32 heavy (non-hydrogen) atoms. The van der Waals surface area contributed by atoms with Crippen molar-refractivity contribution in [2.24, 2.45) is 4.99 Å². The van der Waals surface area contributed by atoms with Gasteiger partial charge in [-0.3, -0.25) is 9.89 Å². The summed E-state index contributed by atoms with van der Waals surface area (Å²) in [5.74, 6) is 0.175. The van der Waals surface area contributed by atoms with Gasteiger partial charge in [0.05, 0.1) is 6.61 Å². The SMILES string of the molecule is CN(C)CCCOc1ccc(Cc2cc(N=CC3C(=O)Nc4cc(F)ccc43)n[nH]2)cc1. The number of nitrogens with one attached hydrogen (secondary N) is 2. The number of aromatic amines is 1.